The van der Waals surface area contributed by atoms with E-state index in [0.717, 1.165) is 12.2 Å². The van der Waals surface area contributed by atoms with Gasteiger partial charge in [-0.3, -0.25) is 0 Å². The van der Waals surface area contributed by atoms with Crippen LogP contribution in [0.25, 0.3) is 0 Å². The van der Waals surface area contributed by atoms with Crippen LogP contribution in [0.5, 0.6) is 0 Å². The zero-order chi connectivity index (χ0) is 14.7. The molecule has 1 aliphatic carbocycles. The van der Waals surface area contributed by atoms with E-state index in [9.17, 15) is 9.50 Å². The number of aliphatic hydroxyl groups is 1. The molecule has 0 radical (unpaired) electrons. The summed E-state index contributed by atoms with van der Waals surface area (Å²) in [6.07, 6.45) is 4.06. The van der Waals surface area contributed by atoms with Crippen LogP contribution in [0, 0.1) is 11.7 Å². The lowest BCUT2D eigenvalue weighted by Crippen LogP contribution is -2.37. The van der Waals surface area contributed by atoms with Gasteiger partial charge in [0.15, 0.2) is 0 Å². The Morgan fingerprint density at radius 3 is 2.45 bits per heavy atom. The zero-order valence-corrected chi connectivity index (χ0v) is 12.8. The minimum Gasteiger partial charge on any atom is -0.389 e. The summed E-state index contributed by atoms with van der Waals surface area (Å²) in [5.41, 5.74) is 1.32. The zero-order valence-electron chi connectivity index (χ0n) is 12.8. The molecular weight excluding hydrogens is 253 g/mol. The monoisotopic (exact) mass is 279 g/mol. The van der Waals surface area contributed by atoms with Gasteiger partial charge in [-0.2, -0.15) is 0 Å². The SMILES string of the molecule is CC(C)CN(c1cccc(F)c1[C@H](C)O)C1CCCC1. The van der Waals surface area contributed by atoms with E-state index in [2.05, 4.69) is 18.7 Å². The third-order valence-electron chi connectivity index (χ3n) is 4.08. The van der Waals surface area contributed by atoms with E-state index in [-0.39, 0.29) is 5.82 Å². The van der Waals surface area contributed by atoms with E-state index in [1.165, 1.54) is 31.7 Å². The van der Waals surface area contributed by atoms with Crippen molar-refractivity contribution in [2.24, 2.45) is 5.92 Å². The first-order valence-electron chi connectivity index (χ1n) is 7.73. The van der Waals surface area contributed by atoms with Crippen molar-refractivity contribution in [3.63, 3.8) is 0 Å². The van der Waals surface area contributed by atoms with Gasteiger partial charge in [-0.25, -0.2) is 4.39 Å². The highest BCUT2D eigenvalue weighted by molar-refractivity contribution is 5.56. The molecule has 20 heavy (non-hydrogen) atoms. The summed E-state index contributed by atoms with van der Waals surface area (Å²) in [4.78, 5) is 2.32. The van der Waals surface area contributed by atoms with E-state index in [1.807, 2.05) is 6.07 Å². The fourth-order valence-corrected chi connectivity index (χ4v) is 3.24. The van der Waals surface area contributed by atoms with Gasteiger partial charge in [0.2, 0.25) is 0 Å². The molecule has 0 bridgehead atoms. The molecule has 2 nitrogen and oxygen atoms in total. The summed E-state index contributed by atoms with van der Waals surface area (Å²) >= 11 is 0. The van der Waals surface area contributed by atoms with Crippen molar-refractivity contribution < 1.29 is 9.50 Å². The van der Waals surface area contributed by atoms with Crippen LogP contribution in [-0.2, 0) is 0 Å². The van der Waals surface area contributed by atoms with Crippen LogP contribution in [0.4, 0.5) is 10.1 Å². The van der Waals surface area contributed by atoms with Crippen LogP contribution in [0.3, 0.4) is 0 Å². The van der Waals surface area contributed by atoms with Crippen LogP contribution in [0.2, 0.25) is 0 Å². The molecule has 1 saturated carbocycles. The van der Waals surface area contributed by atoms with Gasteiger partial charge in [0, 0.05) is 23.8 Å². The number of anilines is 1. The highest BCUT2D eigenvalue weighted by Gasteiger charge is 2.27. The largest absolute Gasteiger partial charge is 0.389 e. The summed E-state index contributed by atoms with van der Waals surface area (Å²) in [5, 5.41) is 9.94. The van der Waals surface area contributed by atoms with Crippen LogP contribution >= 0.6 is 0 Å². The number of rotatable bonds is 5. The second kappa shape index (κ2) is 6.57. The molecule has 1 fully saturated rings. The molecule has 0 amide bonds. The van der Waals surface area contributed by atoms with Crippen LogP contribution in [-0.4, -0.2) is 17.7 Å². The van der Waals surface area contributed by atoms with Crippen molar-refractivity contribution in [3.05, 3.63) is 29.6 Å². The van der Waals surface area contributed by atoms with Gasteiger partial charge in [0.05, 0.1) is 6.10 Å². The van der Waals surface area contributed by atoms with Crippen molar-refractivity contribution >= 4 is 5.69 Å². The summed E-state index contributed by atoms with van der Waals surface area (Å²) in [5.74, 6) is 0.213. The first-order chi connectivity index (χ1) is 9.50. The smallest absolute Gasteiger partial charge is 0.131 e. The minimum absolute atomic E-state index is 0.302. The van der Waals surface area contributed by atoms with Crippen molar-refractivity contribution in [2.75, 3.05) is 11.4 Å². The van der Waals surface area contributed by atoms with Gasteiger partial charge in [-0.05, 0) is 37.8 Å². The predicted molar refractivity (Wildman–Crippen MR) is 81.5 cm³/mol. The molecular formula is C17H26FNO. The van der Waals surface area contributed by atoms with Gasteiger partial charge >= 0.3 is 0 Å². The molecule has 1 aliphatic rings. The standard InChI is InChI=1S/C17H26FNO/c1-12(2)11-19(14-7-4-5-8-14)16-10-6-9-15(18)17(16)13(3)20/h6,9-10,12-14,20H,4-5,7-8,11H2,1-3H3/t13-/m0/s1. The van der Waals surface area contributed by atoms with Gasteiger partial charge in [-0.15, -0.1) is 0 Å². The molecule has 1 aromatic rings. The molecule has 0 saturated heterocycles. The van der Waals surface area contributed by atoms with E-state index in [0.29, 0.717) is 17.5 Å². The minimum atomic E-state index is -0.776. The molecule has 1 aromatic carbocycles. The first-order valence-corrected chi connectivity index (χ1v) is 7.73. The molecule has 112 valence electrons. The number of halogens is 1. The van der Waals surface area contributed by atoms with Gasteiger partial charge in [-0.1, -0.05) is 32.8 Å². The molecule has 1 atom stereocenters. The van der Waals surface area contributed by atoms with E-state index >= 15 is 0 Å². The topological polar surface area (TPSA) is 23.5 Å². The summed E-state index contributed by atoms with van der Waals surface area (Å²) in [6, 6.07) is 5.62. The molecule has 2 rings (SSSR count). The van der Waals surface area contributed by atoms with Gasteiger partial charge in [0.1, 0.15) is 5.82 Å². The number of hydrogen-bond donors (Lipinski definition) is 1. The maximum atomic E-state index is 14.1. The Bertz CT molecular complexity index is 439. The molecule has 3 heteroatoms. The quantitative estimate of drug-likeness (QED) is 0.869. The highest BCUT2D eigenvalue weighted by Crippen LogP contribution is 2.34. The Balaban J connectivity index is 2.39. The van der Waals surface area contributed by atoms with E-state index in [1.54, 1.807) is 13.0 Å². The fourth-order valence-electron chi connectivity index (χ4n) is 3.24. The van der Waals surface area contributed by atoms with Crippen LogP contribution in [0.1, 0.15) is 58.1 Å². The van der Waals surface area contributed by atoms with Crippen LogP contribution in [0.15, 0.2) is 18.2 Å². The average Bonchev–Trinajstić information content (AvgIpc) is 2.88. The third-order valence-corrected chi connectivity index (χ3v) is 4.08. The Labute approximate surface area is 121 Å². The van der Waals surface area contributed by atoms with Crippen LogP contribution < -0.4 is 4.90 Å². The number of aliphatic hydroxyl groups excluding tert-OH is 1. The maximum Gasteiger partial charge on any atom is 0.131 e. The van der Waals surface area contributed by atoms with Gasteiger partial charge in [0.25, 0.3) is 0 Å². The van der Waals surface area contributed by atoms with Gasteiger partial charge < -0.3 is 10.0 Å². The number of benzene rings is 1. The molecule has 0 heterocycles. The predicted octanol–water partition coefficient (Wildman–Crippen LogP) is 4.28. The Morgan fingerprint density at radius 1 is 1.25 bits per heavy atom. The first kappa shape index (κ1) is 15.3. The number of hydrogen-bond acceptors (Lipinski definition) is 2. The summed E-state index contributed by atoms with van der Waals surface area (Å²) in [6.45, 7) is 6.92. The Kier molecular flexibility index (Phi) is 5.03. The maximum absolute atomic E-state index is 14.1. The lowest BCUT2D eigenvalue weighted by molar-refractivity contribution is 0.194. The third kappa shape index (κ3) is 3.32. The normalized spacial score (nSPS) is 17.7. The van der Waals surface area contributed by atoms with Crippen molar-refractivity contribution in [2.45, 2.75) is 58.6 Å². The second-order valence-corrected chi connectivity index (χ2v) is 6.33. The van der Waals surface area contributed by atoms with Crippen molar-refractivity contribution in [1.29, 1.82) is 0 Å². The molecule has 0 aromatic heterocycles. The van der Waals surface area contributed by atoms with Crippen molar-refractivity contribution in [3.8, 4) is 0 Å². The summed E-state index contributed by atoms with van der Waals surface area (Å²) in [7, 11) is 0. The van der Waals surface area contributed by atoms with E-state index < -0.39 is 6.10 Å². The lowest BCUT2D eigenvalue weighted by atomic mass is 10.0. The molecule has 0 unspecified atom stereocenters. The molecule has 1 N–H and O–H groups in total. The lowest BCUT2D eigenvalue weighted by Gasteiger charge is -2.35. The number of nitrogens with zero attached hydrogens (tertiary/aromatic N) is 1. The fraction of sp³-hybridized carbons (Fsp3) is 0.647. The molecule has 0 aliphatic heterocycles. The highest BCUT2D eigenvalue weighted by atomic mass is 19.1. The average molecular weight is 279 g/mol. The second-order valence-electron chi connectivity index (χ2n) is 6.33. The van der Waals surface area contributed by atoms with E-state index in [4.69, 9.17) is 0 Å². The Morgan fingerprint density at radius 2 is 1.90 bits per heavy atom. The molecule has 0 spiro atoms. The Hall–Kier alpha value is -1.09. The van der Waals surface area contributed by atoms with Crippen molar-refractivity contribution in [1.82, 2.24) is 0 Å². The summed E-state index contributed by atoms with van der Waals surface area (Å²) < 4.78 is 14.1.